The molecule has 0 aromatic carbocycles. The highest BCUT2D eigenvalue weighted by atomic mass is 16.3. The van der Waals surface area contributed by atoms with Gasteiger partial charge >= 0.3 is 0 Å². The SMILES string of the molecule is CC(C)Cc1nc(CC(C)N)co1. The first-order chi connectivity index (χ1) is 6.08. The molecule has 3 heteroatoms. The smallest absolute Gasteiger partial charge is 0.194 e. The van der Waals surface area contributed by atoms with E-state index in [0.29, 0.717) is 5.92 Å². The quantitative estimate of drug-likeness (QED) is 0.772. The summed E-state index contributed by atoms with van der Waals surface area (Å²) >= 11 is 0. The van der Waals surface area contributed by atoms with Crippen LogP contribution in [-0.2, 0) is 12.8 Å². The molecule has 1 unspecified atom stereocenters. The summed E-state index contributed by atoms with van der Waals surface area (Å²) in [5, 5.41) is 0. The molecule has 13 heavy (non-hydrogen) atoms. The number of aromatic nitrogens is 1. The zero-order chi connectivity index (χ0) is 9.84. The molecule has 3 nitrogen and oxygen atoms in total. The molecule has 0 saturated heterocycles. The Labute approximate surface area is 79.3 Å². The van der Waals surface area contributed by atoms with E-state index >= 15 is 0 Å². The van der Waals surface area contributed by atoms with Crippen molar-refractivity contribution in [2.45, 2.75) is 39.7 Å². The second-order valence-corrected chi connectivity index (χ2v) is 4.01. The highest BCUT2D eigenvalue weighted by Gasteiger charge is 2.07. The Morgan fingerprint density at radius 3 is 2.62 bits per heavy atom. The van der Waals surface area contributed by atoms with E-state index in [-0.39, 0.29) is 6.04 Å². The molecule has 1 heterocycles. The van der Waals surface area contributed by atoms with Crippen molar-refractivity contribution in [1.29, 1.82) is 0 Å². The van der Waals surface area contributed by atoms with Gasteiger partial charge in [0.05, 0.1) is 5.69 Å². The first kappa shape index (κ1) is 10.3. The van der Waals surface area contributed by atoms with Crippen LogP contribution in [0.2, 0.25) is 0 Å². The maximum atomic E-state index is 5.65. The largest absolute Gasteiger partial charge is 0.449 e. The summed E-state index contributed by atoms with van der Waals surface area (Å²) in [7, 11) is 0. The average Bonchev–Trinajstić information content (AvgIpc) is 2.33. The molecular weight excluding hydrogens is 164 g/mol. The van der Waals surface area contributed by atoms with Gasteiger partial charge in [0.15, 0.2) is 5.89 Å². The summed E-state index contributed by atoms with van der Waals surface area (Å²) in [4.78, 5) is 4.34. The lowest BCUT2D eigenvalue weighted by Crippen LogP contribution is -2.17. The fourth-order valence-electron chi connectivity index (χ4n) is 1.22. The number of oxazole rings is 1. The second-order valence-electron chi connectivity index (χ2n) is 4.01. The number of nitrogens with zero attached hydrogens (tertiary/aromatic N) is 1. The third-order valence-electron chi connectivity index (χ3n) is 1.71. The predicted octanol–water partition coefficient (Wildman–Crippen LogP) is 1.76. The minimum atomic E-state index is 0.150. The first-order valence-corrected chi connectivity index (χ1v) is 4.76. The Kier molecular flexibility index (Phi) is 3.48. The normalized spacial score (nSPS) is 13.6. The number of hydrogen-bond donors (Lipinski definition) is 1. The highest BCUT2D eigenvalue weighted by molar-refractivity contribution is 4.98. The van der Waals surface area contributed by atoms with Crippen LogP contribution >= 0.6 is 0 Å². The molecule has 0 radical (unpaired) electrons. The van der Waals surface area contributed by atoms with Gasteiger partial charge in [0.25, 0.3) is 0 Å². The van der Waals surface area contributed by atoms with Gasteiger partial charge in [-0.05, 0) is 12.8 Å². The molecule has 0 aliphatic heterocycles. The van der Waals surface area contributed by atoms with E-state index in [1.54, 1.807) is 6.26 Å². The molecule has 0 aliphatic carbocycles. The van der Waals surface area contributed by atoms with Crippen molar-refractivity contribution in [2.75, 3.05) is 0 Å². The van der Waals surface area contributed by atoms with Gasteiger partial charge < -0.3 is 10.2 Å². The Bertz CT molecular complexity index is 229. The van der Waals surface area contributed by atoms with E-state index in [1.165, 1.54) is 0 Å². The summed E-state index contributed by atoms with van der Waals surface area (Å²) < 4.78 is 5.31. The zero-order valence-corrected chi connectivity index (χ0v) is 8.58. The third-order valence-corrected chi connectivity index (χ3v) is 1.71. The van der Waals surface area contributed by atoms with Crippen molar-refractivity contribution in [3.63, 3.8) is 0 Å². The van der Waals surface area contributed by atoms with Crippen LogP contribution in [0, 0.1) is 5.92 Å². The van der Waals surface area contributed by atoms with Crippen LogP contribution in [0.1, 0.15) is 32.4 Å². The van der Waals surface area contributed by atoms with Crippen LogP contribution in [-0.4, -0.2) is 11.0 Å². The molecule has 0 amide bonds. The topological polar surface area (TPSA) is 52.0 Å². The van der Waals surface area contributed by atoms with Crippen molar-refractivity contribution >= 4 is 0 Å². The zero-order valence-electron chi connectivity index (χ0n) is 8.58. The van der Waals surface area contributed by atoms with Crippen LogP contribution in [0.25, 0.3) is 0 Å². The van der Waals surface area contributed by atoms with Gasteiger partial charge in [-0.1, -0.05) is 13.8 Å². The molecule has 1 rings (SSSR count). The minimum absolute atomic E-state index is 0.150. The van der Waals surface area contributed by atoms with Gasteiger partial charge in [0.2, 0.25) is 0 Å². The molecule has 1 aromatic rings. The van der Waals surface area contributed by atoms with E-state index in [9.17, 15) is 0 Å². The Morgan fingerprint density at radius 2 is 2.08 bits per heavy atom. The summed E-state index contributed by atoms with van der Waals surface area (Å²) in [5.74, 6) is 1.41. The van der Waals surface area contributed by atoms with Gasteiger partial charge in [-0.3, -0.25) is 0 Å². The van der Waals surface area contributed by atoms with Crippen molar-refractivity contribution < 1.29 is 4.42 Å². The highest BCUT2D eigenvalue weighted by Crippen LogP contribution is 2.09. The molecule has 1 atom stereocenters. The molecule has 2 N–H and O–H groups in total. The maximum absolute atomic E-state index is 5.65. The Balaban J connectivity index is 2.53. The molecule has 74 valence electrons. The van der Waals surface area contributed by atoms with E-state index in [2.05, 4.69) is 18.8 Å². The third kappa shape index (κ3) is 3.59. The van der Waals surface area contributed by atoms with Crippen LogP contribution in [0.15, 0.2) is 10.7 Å². The van der Waals surface area contributed by atoms with Crippen molar-refractivity contribution in [3.05, 3.63) is 17.8 Å². The van der Waals surface area contributed by atoms with Gasteiger partial charge in [-0.15, -0.1) is 0 Å². The molecule has 0 fully saturated rings. The van der Waals surface area contributed by atoms with E-state index < -0.39 is 0 Å². The van der Waals surface area contributed by atoms with Crippen LogP contribution < -0.4 is 5.73 Å². The van der Waals surface area contributed by atoms with Crippen molar-refractivity contribution in [1.82, 2.24) is 4.98 Å². The summed E-state index contributed by atoms with van der Waals surface area (Å²) in [6.45, 7) is 6.27. The molecule has 0 bridgehead atoms. The molecule has 0 saturated carbocycles. The van der Waals surface area contributed by atoms with Gasteiger partial charge in [0, 0.05) is 18.9 Å². The Morgan fingerprint density at radius 1 is 1.38 bits per heavy atom. The van der Waals surface area contributed by atoms with Crippen LogP contribution in [0.5, 0.6) is 0 Å². The number of rotatable bonds is 4. The summed E-state index contributed by atoms with van der Waals surface area (Å²) in [5.41, 5.74) is 6.62. The molecule has 0 spiro atoms. The fourth-order valence-corrected chi connectivity index (χ4v) is 1.22. The summed E-state index contributed by atoms with van der Waals surface area (Å²) in [6.07, 6.45) is 3.40. The van der Waals surface area contributed by atoms with Crippen molar-refractivity contribution in [2.24, 2.45) is 11.7 Å². The second kappa shape index (κ2) is 4.42. The minimum Gasteiger partial charge on any atom is -0.449 e. The van der Waals surface area contributed by atoms with Gasteiger partial charge in [-0.2, -0.15) is 0 Å². The molecular formula is C10H18N2O. The lowest BCUT2D eigenvalue weighted by molar-refractivity contribution is 0.457. The predicted molar refractivity (Wildman–Crippen MR) is 52.4 cm³/mol. The van der Waals surface area contributed by atoms with Gasteiger partial charge in [0.1, 0.15) is 6.26 Å². The average molecular weight is 182 g/mol. The van der Waals surface area contributed by atoms with Crippen molar-refractivity contribution in [3.8, 4) is 0 Å². The Hall–Kier alpha value is -0.830. The first-order valence-electron chi connectivity index (χ1n) is 4.76. The van der Waals surface area contributed by atoms with E-state index in [4.69, 9.17) is 10.2 Å². The monoisotopic (exact) mass is 182 g/mol. The van der Waals surface area contributed by atoms with E-state index in [0.717, 1.165) is 24.4 Å². The fraction of sp³-hybridized carbons (Fsp3) is 0.700. The number of hydrogen-bond acceptors (Lipinski definition) is 3. The van der Waals surface area contributed by atoms with Crippen LogP contribution in [0.3, 0.4) is 0 Å². The molecule has 0 aliphatic rings. The lowest BCUT2D eigenvalue weighted by atomic mass is 10.1. The maximum Gasteiger partial charge on any atom is 0.194 e. The van der Waals surface area contributed by atoms with Crippen LogP contribution in [0.4, 0.5) is 0 Å². The van der Waals surface area contributed by atoms with Gasteiger partial charge in [-0.25, -0.2) is 4.98 Å². The van der Waals surface area contributed by atoms with E-state index in [1.807, 2.05) is 6.92 Å². The lowest BCUT2D eigenvalue weighted by Gasteiger charge is -1.99. The summed E-state index contributed by atoms with van der Waals surface area (Å²) in [6, 6.07) is 0.150. The standard InChI is InChI=1S/C10H18N2O/c1-7(2)4-10-12-9(6-13-10)5-8(3)11/h6-8H,4-5,11H2,1-3H3. The molecule has 1 aromatic heterocycles. The number of nitrogens with two attached hydrogens (primary N) is 1.